The second-order valence-electron chi connectivity index (χ2n) is 4.04. The first-order valence-electron chi connectivity index (χ1n) is 5.32. The fourth-order valence-electron chi connectivity index (χ4n) is 2.24. The Kier molecular flexibility index (Phi) is 2.62. The first-order valence-corrected chi connectivity index (χ1v) is 5.32. The summed E-state index contributed by atoms with van der Waals surface area (Å²) in [5, 5.41) is 0. The first kappa shape index (κ1) is 10.0. The average Bonchev–Trinajstić information content (AvgIpc) is 2.67. The highest BCUT2D eigenvalue weighted by molar-refractivity contribution is 5.84. The van der Waals surface area contributed by atoms with E-state index in [2.05, 4.69) is 24.0 Å². The van der Waals surface area contributed by atoms with Crippen LogP contribution in [-0.2, 0) is 4.79 Å². The number of hydrogen-bond acceptors (Lipinski definition) is 2. The van der Waals surface area contributed by atoms with Crippen molar-refractivity contribution in [1.29, 1.82) is 0 Å². The molecule has 3 nitrogen and oxygen atoms in total. The van der Waals surface area contributed by atoms with Gasteiger partial charge in [-0.2, -0.15) is 0 Å². The third kappa shape index (κ3) is 1.82. The highest BCUT2D eigenvalue weighted by Crippen LogP contribution is 2.27. The minimum atomic E-state index is -0.212. The van der Waals surface area contributed by atoms with E-state index in [0.29, 0.717) is 0 Å². The second-order valence-corrected chi connectivity index (χ2v) is 4.04. The number of aryl methyl sites for hydroxylation is 1. The minimum Gasteiger partial charge on any atom is -0.368 e. The molecular weight excluding hydrogens is 188 g/mol. The van der Waals surface area contributed by atoms with Crippen molar-refractivity contribution in [3.8, 4) is 0 Å². The summed E-state index contributed by atoms with van der Waals surface area (Å²) in [4.78, 5) is 13.4. The van der Waals surface area contributed by atoms with Gasteiger partial charge in [-0.1, -0.05) is 18.2 Å². The number of primary amides is 1. The van der Waals surface area contributed by atoms with Gasteiger partial charge in [-0.15, -0.1) is 0 Å². The molecule has 1 unspecified atom stereocenters. The summed E-state index contributed by atoms with van der Waals surface area (Å²) in [6.07, 6.45) is 1.92. The number of hydrogen-bond donors (Lipinski definition) is 1. The predicted octanol–water partition coefficient (Wildman–Crippen LogP) is 1.45. The van der Waals surface area contributed by atoms with Crippen molar-refractivity contribution in [2.75, 3.05) is 11.4 Å². The van der Waals surface area contributed by atoms with Crippen molar-refractivity contribution >= 4 is 11.6 Å². The van der Waals surface area contributed by atoms with Crippen molar-refractivity contribution in [1.82, 2.24) is 0 Å². The van der Waals surface area contributed by atoms with Crippen LogP contribution in [0.1, 0.15) is 18.4 Å². The molecule has 80 valence electrons. The molecule has 0 saturated carbocycles. The molecule has 0 bridgehead atoms. The fourth-order valence-corrected chi connectivity index (χ4v) is 2.24. The van der Waals surface area contributed by atoms with Crippen molar-refractivity contribution < 1.29 is 4.79 Å². The molecule has 1 aliphatic rings. The Bertz CT molecular complexity index is 376. The van der Waals surface area contributed by atoms with Gasteiger partial charge in [0.15, 0.2) is 0 Å². The van der Waals surface area contributed by atoms with Crippen LogP contribution in [0.4, 0.5) is 5.69 Å². The van der Waals surface area contributed by atoms with Gasteiger partial charge in [0.25, 0.3) is 0 Å². The molecular formula is C12H16N2O. The lowest BCUT2D eigenvalue weighted by atomic mass is 10.1. The molecule has 1 atom stereocenters. The molecule has 1 heterocycles. The van der Waals surface area contributed by atoms with Crippen molar-refractivity contribution in [2.24, 2.45) is 5.73 Å². The van der Waals surface area contributed by atoms with Gasteiger partial charge in [-0.25, -0.2) is 0 Å². The van der Waals surface area contributed by atoms with Crippen LogP contribution in [0.25, 0.3) is 0 Å². The lowest BCUT2D eigenvalue weighted by molar-refractivity contribution is -0.119. The maximum Gasteiger partial charge on any atom is 0.240 e. The summed E-state index contributed by atoms with van der Waals surface area (Å²) in [6.45, 7) is 2.99. The molecule has 15 heavy (non-hydrogen) atoms. The molecule has 0 aliphatic carbocycles. The van der Waals surface area contributed by atoms with Crippen LogP contribution in [-0.4, -0.2) is 18.5 Å². The number of amides is 1. The molecule has 1 aromatic rings. The molecule has 2 rings (SSSR count). The third-order valence-corrected chi connectivity index (χ3v) is 3.01. The zero-order valence-corrected chi connectivity index (χ0v) is 8.94. The maximum atomic E-state index is 11.3. The molecule has 2 N–H and O–H groups in total. The second kappa shape index (κ2) is 3.93. The van der Waals surface area contributed by atoms with Crippen LogP contribution in [0.15, 0.2) is 24.3 Å². The maximum absolute atomic E-state index is 11.3. The largest absolute Gasteiger partial charge is 0.368 e. The molecule has 0 radical (unpaired) electrons. The van der Waals surface area contributed by atoms with Crippen molar-refractivity contribution in [3.63, 3.8) is 0 Å². The number of carbonyl (C=O) groups excluding carboxylic acids is 1. The van der Waals surface area contributed by atoms with E-state index >= 15 is 0 Å². The number of rotatable bonds is 2. The first-order chi connectivity index (χ1) is 7.20. The Labute approximate surface area is 89.9 Å². The Hall–Kier alpha value is -1.51. The van der Waals surface area contributed by atoms with Gasteiger partial charge >= 0.3 is 0 Å². The summed E-state index contributed by atoms with van der Waals surface area (Å²) in [6, 6.07) is 8.00. The van der Waals surface area contributed by atoms with E-state index in [1.165, 1.54) is 5.56 Å². The van der Waals surface area contributed by atoms with E-state index in [1.807, 2.05) is 12.1 Å². The molecule has 0 spiro atoms. The molecule has 1 saturated heterocycles. The highest BCUT2D eigenvalue weighted by Gasteiger charge is 2.29. The van der Waals surface area contributed by atoms with Crippen LogP contribution >= 0.6 is 0 Å². The Morgan fingerprint density at radius 3 is 2.87 bits per heavy atom. The average molecular weight is 204 g/mol. The normalized spacial score (nSPS) is 20.6. The van der Waals surface area contributed by atoms with Crippen LogP contribution < -0.4 is 10.6 Å². The Morgan fingerprint density at radius 2 is 2.20 bits per heavy atom. The van der Waals surface area contributed by atoms with E-state index in [9.17, 15) is 4.79 Å². The predicted molar refractivity (Wildman–Crippen MR) is 60.7 cm³/mol. The summed E-state index contributed by atoms with van der Waals surface area (Å²) in [5.41, 5.74) is 7.73. The summed E-state index contributed by atoms with van der Waals surface area (Å²) < 4.78 is 0. The van der Waals surface area contributed by atoms with Gasteiger partial charge in [0.05, 0.1) is 0 Å². The van der Waals surface area contributed by atoms with Gasteiger partial charge in [0.1, 0.15) is 6.04 Å². The number of nitrogens with zero attached hydrogens (tertiary/aromatic N) is 1. The Morgan fingerprint density at radius 1 is 1.47 bits per heavy atom. The number of para-hydroxylation sites is 1. The topological polar surface area (TPSA) is 46.3 Å². The zero-order chi connectivity index (χ0) is 10.8. The Balaban J connectivity index is 2.30. The molecule has 3 heteroatoms. The smallest absolute Gasteiger partial charge is 0.240 e. The summed E-state index contributed by atoms with van der Waals surface area (Å²) in [7, 11) is 0. The van der Waals surface area contributed by atoms with Crippen LogP contribution in [0.2, 0.25) is 0 Å². The molecule has 1 fully saturated rings. The SMILES string of the molecule is Cc1ccccc1N1CCCC1C(N)=O. The van der Waals surface area contributed by atoms with E-state index < -0.39 is 0 Å². The molecule has 1 amide bonds. The number of benzene rings is 1. The molecule has 0 aromatic heterocycles. The van der Waals surface area contributed by atoms with Gasteiger partial charge in [0.2, 0.25) is 5.91 Å². The lowest BCUT2D eigenvalue weighted by Crippen LogP contribution is -2.40. The van der Waals surface area contributed by atoms with E-state index in [1.54, 1.807) is 0 Å². The zero-order valence-electron chi connectivity index (χ0n) is 8.94. The van der Waals surface area contributed by atoms with Gasteiger partial charge in [-0.05, 0) is 31.4 Å². The van der Waals surface area contributed by atoms with Crippen LogP contribution in [0.5, 0.6) is 0 Å². The van der Waals surface area contributed by atoms with Crippen LogP contribution in [0, 0.1) is 6.92 Å². The number of carbonyl (C=O) groups is 1. The third-order valence-electron chi connectivity index (χ3n) is 3.01. The monoisotopic (exact) mass is 204 g/mol. The van der Waals surface area contributed by atoms with E-state index in [4.69, 9.17) is 5.73 Å². The minimum absolute atomic E-state index is 0.119. The number of anilines is 1. The lowest BCUT2D eigenvalue weighted by Gasteiger charge is -2.25. The molecule has 1 aromatic carbocycles. The van der Waals surface area contributed by atoms with Crippen molar-refractivity contribution in [2.45, 2.75) is 25.8 Å². The standard InChI is InChI=1S/C12H16N2O/c1-9-5-2-3-6-10(9)14-8-4-7-11(14)12(13)15/h2-3,5-6,11H,4,7-8H2,1H3,(H2,13,15). The van der Waals surface area contributed by atoms with Gasteiger partial charge in [-0.3, -0.25) is 4.79 Å². The van der Waals surface area contributed by atoms with Gasteiger partial charge < -0.3 is 10.6 Å². The number of nitrogens with two attached hydrogens (primary N) is 1. The summed E-state index contributed by atoms with van der Waals surface area (Å²) >= 11 is 0. The quantitative estimate of drug-likeness (QED) is 0.792. The van der Waals surface area contributed by atoms with E-state index in [0.717, 1.165) is 25.1 Å². The van der Waals surface area contributed by atoms with E-state index in [-0.39, 0.29) is 11.9 Å². The fraction of sp³-hybridized carbons (Fsp3) is 0.417. The summed E-state index contributed by atoms with van der Waals surface area (Å²) in [5.74, 6) is -0.212. The van der Waals surface area contributed by atoms with Gasteiger partial charge in [0, 0.05) is 12.2 Å². The van der Waals surface area contributed by atoms with Crippen LogP contribution in [0.3, 0.4) is 0 Å². The molecule has 1 aliphatic heterocycles. The van der Waals surface area contributed by atoms with Crippen molar-refractivity contribution in [3.05, 3.63) is 29.8 Å². The highest BCUT2D eigenvalue weighted by atomic mass is 16.1.